The molecule has 0 unspecified atom stereocenters. The molecular weight excluding hydrogens is 340 g/mol. The lowest BCUT2D eigenvalue weighted by Crippen LogP contribution is -2.42. The average molecular weight is 358 g/mol. The molecule has 0 radical (unpaired) electrons. The third-order valence-corrected chi connectivity index (χ3v) is 3.76. The molecule has 0 aromatic heterocycles. The van der Waals surface area contributed by atoms with E-state index in [1.165, 1.54) is 12.1 Å². The second kappa shape index (κ2) is 7.73. The fourth-order valence-corrected chi connectivity index (χ4v) is 2.48. The van der Waals surface area contributed by atoms with Gasteiger partial charge in [0.15, 0.2) is 23.9 Å². The summed E-state index contributed by atoms with van der Waals surface area (Å²) >= 11 is 0. The van der Waals surface area contributed by atoms with Crippen molar-refractivity contribution in [3.63, 3.8) is 0 Å². The van der Waals surface area contributed by atoms with Crippen LogP contribution in [0.2, 0.25) is 0 Å². The van der Waals surface area contributed by atoms with Crippen molar-refractivity contribution >= 4 is 11.6 Å². The Morgan fingerprint density at radius 2 is 2.08 bits per heavy atom. The Kier molecular flexibility index (Phi) is 5.21. The first kappa shape index (κ1) is 17.5. The van der Waals surface area contributed by atoms with Gasteiger partial charge in [0, 0.05) is 6.07 Å². The minimum atomic E-state index is -0.537. The predicted octanol–water partition coefficient (Wildman–Crippen LogP) is 2.24. The van der Waals surface area contributed by atoms with Gasteiger partial charge < -0.3 is 19.5 Å². The quantitative estimate of drug-likeness (QED) is 0.628. The first-order valence-electron chi connectivity index (χ1n) is 8.06. The van der Waals surface area contributed by atoms with Gasteiger partial charge in [0.1, 0.15) is 12.7 Å². The number of nitrogens with one attached hydrogen (secondary N) is 1. The number of carbonyl (C=O) groups is 1. The van der Waals surface area contributed by atoms with Crippen LogP contribution in [0.5, 0.6) is 17.2 Å². The maximum atomic E-state index is 12.0. The zero-order valence-electron chi connectivity index (χ0n) is 14.1. The van der Waals surface area contributed by atoms with Crippen LogP contribution in [0.3, 0.4) is 0 Å². The average Bonchev–Trinajstić information content (AvgIpc) is 2.65. The number of para-hydroxylation sites is 2. The number of hydrogen-bond acceptors (Lipinski definition) is 6. The van der Waals surface area contributed by atoms with Gasteiger partial charge in [-0.2, -0.15) is 0 Å². The smallest absolute Gasteiger partial charge is 0.311 e. The van der Waals surface area contributed by atoms with Crippen LogP contribution in [-0.2, 0) is 4.79 Å². The third kappa shape index (κ3) is 4.21. The highest BCUT2D eigenvalue weighted by molar-refractivity contribution is 5.77. The van der Waals surface area contributed by atoms with Gasteiger partial charge in [0.25, 0.3) is 5.91 Å². The summed E-state index contributed by atoms with van der Waals surface area (Å²) in [6.07, 6.45) is -0.317. The van der Waals surface area contributed by atoms with E-state index in [1.807, 2.05) is 18.2 Å². The maximum absolute atomic E-state index is 12.0. The van der Waals surface area contributed by atoms with E-state index in [1.54, 1.807) is 19.1 Å². The number of rotatable bonds is 6. The molecule has 0 spiro atoms. The number of ether oxygens (including phenoxy) is 3. The fourth-order valence-electron chi connectivity index (χ4n) is 2.48. The Labute approximate surface area is 149 Å². The van der Waals surface area contributed by atoms with Crippen molar-refractivity contribution in [2.45, 2.75) is 13.0 Å². The molecular formula is C18H18N2O6. The Hall–Kier alpha value is -3.29. The molecule has 2 aromatic carbocycles. The molecule has 1 heterocycles. The van der Waals surface area contributed by atoms with E-state index in [0.29, 0.717) is 18.1 Å². The second-order valence-electron chi connectivity index (χ2n) is 5.82. The van der Waals surface area contributed by atoms with Crippen molar-refractivity contribution < 1.29 is 23.9 Å². The van der Waals surface area contributed by atoms with E-state index in [4.69, 9.17) is 14.2 Å². The van der Waals surface area contributed by atoms with Crippen molar-refractivity contribution in [1.82, 2.24) is 5.32 Å². The van der Waals surface area contributed by atoms with Crippen LogP contribution in [0, 0.1) is 17.0 Å². The fraction of sp³-hybridized carbons (Fsp3) is 0.278. The topological polar surface area (TPSA) is 99.9 Å². The molecule has 26 heavy (non-hydrogen) atoms. The molecule has 1 N–H and O–H groups in total. The summed E-state index contributed by atoms with van der Waals surface area (Å²) in [5.74, 6) is 0.957. The number of aryl methyl sites for hydroxylation is 1. The highest BCUT2D eigenvalue weighted by Crippen LogP contribution is 2.30. The first-order chi connectivity index (χ1) is 12.5. The zero-order valence-corrected chi connectivity index (χ0v) is 14.1. The summed E-state index contributed by atoms with van der Waals surface area (Å²) in [6.45, 7) is 1.98. The number of hydrogen-bond donors (Lipinski definition) is 1. The standard InChI is InChI=1S/C18H18N2O6/c1-12-6-7-15(14(8-12)20(22)23)25-11-18(21)19-9-13-10-24-16-4-2-3-5-17(16)26-13/h2-8,13H,9-11H2,1H3,(H,19,21)/t13-/m1/s1. The van der Waals surface area contributed by atoms with Gasteiger partial charge in [0.05, 0.1) is 11.5 Å². The molecule has 1 aliphatic rings. The predicted molar refractivity (Wildman–Crippen MR) is 92.7 cm³/mol. The summed E-state index contributed by atoms with van der Waals surface area (Å²) < 4.78 is 16.6. The Balaban J connectivity index is 1.49. The lowest BCUT2D eigenvalue weighted by Gasteiger charge is -2.26. The maximum Gasteiger partial charge on any atom is 0.311 e. The lowest BCUT2D eigenvalue weighted by atomic mass is 10.2. The minimum absolute atomic E-state index is 0.0573. The SMILES string of the molecule is Cc1ccc(OCC(=O)NC[C@@H]2COc3ccccc3O2)c([N+](=O)[O-])c1. The second-order valence-corrected chi connectivity index (χ2v) is 5.82. The summed E-state index contributed by atoms with van der Waals surface area (Å²) in [5, 5.41) is 13.7. The van der Waals surface area contributed by atoms with Crippen LogP contribution in [0.1, 0.15) is 5.56 Å². The number of nitro benzene ring substituents is 1. The van der Waals surface area contributed by atoms with Crippen LogP contribution in [0.4, 0.5) is 5.69 Å². The summed E-state index contributed by atoms with van der Waals surface area (Å²) in [4.78, 5) is 22.5. The number of nitrogens with zero attached hydrogens (tertiary/aromatic N) is 1. The van der Waals surface area contributed by atoms with Crippen LogP contribution in [0.15, 0.2) is 42.5 Å². The minimum Gasteiger partial charge on any atom is -0.486 e. The molecule has 0 aliphatic carbocycles. The molecule has 0 fully saturated rings. The Bertz CT molecular complexity index is 823. The molecule has 0 bridgehead atoms. The summed E-state index contributed by atoms with van der Waals surface area (Å²) in [7, 11) is 0. The van der Waals surface area contributed by atoms with Crippen molar-refractivity contribution in [2.75, 3.05) is 19.8 Å². The monoisotopic (exact) mass is 358 g/mol. The van der Waals surface area contributed by atoms with Gasteiger partial charge in [-0.1, -0.05) is 18.2 Å². The van der Waals surface area contributed by atoms with Crippen molar-refractivity contribution in [2.24, 2.45) is 0 Å². The zero-order chi connectivity index (χ0) is 18.5. The molecule has 0 saturated heterocycles. The molecule has 8 heteroatoms. The van der Waals surface area contributed by atoms with E-state index >= 15 is 0 Å². The van der Waals surface area contributed by atoms with Crippen LogP contribution in [-0.4, -0.2) is 36.7 Å². The van der Waals surface area contributed by atoms with Gasteiger partial charge >= 0.3 is 5.69 Å². The summed E-state index contributed by atoms with van der Waals surface area (Å²) in [6, 6.07) is 11.9. The summed E-state index contributed by atoms with van der Waals surface area (Å²) in [5.41, 5.74) is 0.571. The lowest BCUT2D eigenvalue weighted by molar-refractivity contribution is -0.385. The van der Waals surface area contributed by atoms with Gasteiger partial charge in [-0.15, -0.1) is 0 Å². The van der Waals surface area contributed by atoms with Crippen LogP contribution >= 0.6 is 0 Å². The molecule has 0 saturated carbocycles. The van der Waals surface area contributed by atoms with Crippen molar-refractivity contribution in [3.05, 3.63) is 58.1 Å². The van der Waals surface area contributed by atoms with E-state index in [0.717, 1.165) is 5.56 Å². The van der Waals surface area contributed by atoms with Crippen molar-refractivity contribution in [1.29, 1.82) is 0 Å². The third-order valence-electron chi connectivity index (χ3n) is 3.76. The van der Waals surface area contributed by atoms with Crippen LogP contribution in [0.25, 0.3) is 0 Å². The Morgan fingerprint density at radius 1 is 1.31 bits per heavy atom. The number of benzene rings is 2. The number of amides is 1. The largest absolute Gasteiger partial charge is 0.486 e. The molecule has 1 amide bonds. The molecule has 1 aliphatic heterocycles. The molecule has 136 valence electrons. The highest BCUT2D eigenvalue weighted by atomic mass is 16.6. The molecule has 2 aromatic rings. The van der Waals surface area contributed by atoms with E-state index in [9.17, 15) is 14.9 Å². The Morgan fingerprint density at radius 3 is 2.85 bits per heavy atom. The van der Waals surface area contributed by atoms with Gasteiger partial charge in [-0.05, 0) is 30.7 Å². The van der Waals surface area contributed by atoms with Crippen molar-refractivity contribution in [3.8, 4) is 17.2 Å². The molecule has 3 rings (SSSR count). The van der Waals surface area contributed by atoms with Gasteiger partial charge in [-0.25, -0.2) is 0 Å². The van der Waals surface area contributed by atoms with Crippen LogP contribution < -0.4 is 19.5 Å². The number of fused-ring (bicyclic) bond motifs is 1. The molecule has 1 atom stereocenters. The first-order valence-corrected chi connectivity index (χ1v) is 8.06. The van der Waals surface area contributed by atoms with E-state index < -0.39 is 10.8 Å². The molecule has 8 nitrogen and oxygen atoms in total. The number of carbonyl (C=O) groups excluding carboxylic acids is 1. The van der Waals surface area contributed by atoms with Gasteiger partial charge in [-0.3, -0.25) is 14.9 Å². The number of nitro groups is 1. The normalized spacial score (nSPS) is 15.2. The highest BCUT2D eigenvalue weighted by Gasteiger charge is 2.21. The van der Waals surface area contributed by atoms with E-state index in [2.05, 4.69) is 5.32 Å². The van der Waals surface area contributed by atoms with E-state index in [-0.39, 0.29) is 30.7 Å². The van der Waals surface area contributed by atoms with Gasteiger partial charge in [0.2, 0.25) is 0 Å².